The van der Waals surface area contributed by atoms with Crippen molar-refractivity contribution in [2.75, 3.05) is 31.8 Å². The summed E-state index contributed by atoms with van der Waals surface area (Å²) in [6, 6.07) is 13.6. The highest BCUT2D eigenvalue weighted by Crippen LogP contribution is 2.16. The zero-order chi connectivity index (χ0) is 22.9. The molecular formula is C22H29N3O5S. The number of unbranched alkanes of at least 4 members (excludes halogenated alkanes) is 1. The number of para-hydroxylation sites is 1. The lowest BCUT2D eigenvalue weighted by Crippen LogP contribution is -2.27. The molecule has 2 amide bonds. The molecule has 8 nitrogen and oxygen atoms in total. The van der Waals surface area contributed by atoms with Crippen LogP contribution in [0.1, 0.15) is 35.7 Å². The molecule has 2 aromatic rings. The molecule has 0 spiro atoms. The predicted octanol–water partition coefficient (Wildman–Crippen LogP) is 2.63. The Bertz CT molecular complexity index is 990. The van der Waals surface area contributed by atoms with Crippen molar-refractivity contribution < 1.29 is 22.7 Å². The number of benzene rings is 2. The lowest BCUT2D eigenvalue weighted by atomic mass is 10.1. The summed E-state index contributed by atoms with van der Waals surface area (Å²) in [6.45, 7) is 2.64. The number of carbonyl (C=O) groups excluding carboxylic acids is 2. The molecule has 0 unspecified atom stereocenters. The van der Waals surface area contributed by atoms with Crippen LogP contribution in [-0.2, 0) is 21.4 Å². The third-order valence-electron chi connectivity index (χ3n) is 4.53. The van der Waals surface area contributed by atoms with Crippen LogP contribution in [0.15, 0.2) is 48.5 Å². The molecular weight excluding hydrogens is 418 g/mol. The highest BCUT2D eigenvalue weighted by atomic mass is 32.2. The quantitative estimate of drug-likeness (QED) is 0.515. The smallest absolute Gasteiger partial charge is 0.262 e. The molecule has 0 radical (unpaired) electrons. The topological polar surface area (TPSA) is 105 Å². The number of ether oxygens (including phenoxy) is 1. The lowest BCUT2D eigenvalue weighted by molar-refractivity contribution is -0.118. The summed E-state index contributed by atoms with van der Waals surface area (Å²) in [5.74, 6) is -0.152. The fourth-order valence-electron chi connectivity index (χ4n) is 2.66. The lowest BCUT2D eigenvalue weighted by Gasteiger charge is -2.14. The van der Waals surface area contributed by atoms with E-state index in [1.807, 2.05) is 6.92 Å². The van der Waals surface area contributed by atoms with Crippen molar-refractivity contribution >= 4 is 27.5 Å². The van der Waals surface area contributed by atoms with Gasteiger partial charge in [0.15, 0.2) is 6.61 Å². The van der Waals surface area contributed by atoms with Gasteiger partial charge in [0.2, 0.25) is 10.0 Å². The molecule has 0 saturated heterocycles. The molecule has 0 heterocycles. The van der Waals surface area contributed by atoms with E-state index in [2.05, 4.69) is 10.6 Å². The molecule has 0 aliphatic heterocycles. The summed E-state index contributed by atoms with van der Waals surface area (Å²) >= 11 is 0. The summed E-state index contributed by atoms with van der Waals surface area (Å²) in [6.07, 6.45) is 3.01. The van der Waals surface area contributed by atoms with Crippen molar-refractivity contribution in [3.63, 3.8) is 0 Å². The van der Waals surface area contributed by atoms with Crippen LogP contribution in [0.5, 0.6) is 5.75 Å². The zero-order valence-corrected chi connectivity index (χ0v) is 18.9. The Hall–Kier alpha value is -2.91. The molecule has 0 fully saturated rings. The van der Waals surface area contributed by atoms with E-state index < -0.39 is 15.9 Å². The van der Waals surface area contributed by atoms with Gasteiger partial charge in [-0.25, -0.2) is 12.7 Å². The number of sulfonamides is 1. The standard InChI is InChI=1S/C22H29N3O5S/c1-4-5-14-23-22(27)19-8-6-7-9-20(19)24-21(26)16-30-18-12-10-17(11-13-18)15-25(2)31(3,28)29/h6-13H,4-5,14-16H2,1-3H3,(H,23,27)(H,24,26). The van der Waals surface area contributed by atoms with Gasteiger partial charge in [0.25, 0.3) is 11.8 Å². The van der Waals surface area contributed by atoms with Crippen molar-refractivity contribution in [2.45, 2.75) is 26.3 Å². The zero-order valence-electron chi connectivity index (χ0n) is 18.1. The first kappa shape index (κ1) is 24.4. The van der Waals surface area contributed by atoms with E-state index in [4.69, 9.17) is 4.74 Å². The molecule has 0 bridgehead atoms. The summed E-state index contributed by atoms with van der Waals surface area (Å²) in [7, 11) is -1.75. The number of nitrogens with zero attached hydrogens (tertiary/aromatic N) is 1. The Morgan fingerprint density at radius 1 is 1.06 bits per heavy atom. The van der Waals surface area contributed by atoms with Gasteiger partial charge in [-0.15, -0.1) is 0 Å². The molecule has 9 heteroatoms. The first-order chi connectivity index (χ1) is 14.7. The van der Waals surface area contributed by atoms with Crippen molar-refractivity contribution in [2.24, 2.45) is 0 Å². The first-order valence-corrected chi connectivity index (χ1v) is 11.9. The monoisotopic (exact) mass is 447 g/mol. The average Bonchev–Trinajstić information content (AvgIpc) is 2.73. The Balaban J connectivity index is 1.90. The van der Waals surface area contributed by atoms with E-state index in [0.29, 0.717) is 23.5 Å². The molecule has 0 aliphatic carbocycles. The Labute approximate surface area is 183 Å². The molecule has 0 aromatic heterocycles. The molecule has 31 heavy (non-hydrogen) atoms. The predicted molar refractivity (Wildman–Crippen MR) is 121 cm³/mol. The second-order valence-electron chi connectivity index (χ2n) is 7.15. The molecule has 0 aliphatic rings. The number of hydrogen-bond donors (Lipinski definition) is 2. The fraction of sp³-hybridized carbons (Fsp3) is 0.364. The molecule has 168 valence electrons. The highest BCUT2D eigenvalue weighted by Gasteiger charge is 2.14. The summed E-state index contributed by atoms with van der Waals surface area (Å²) in [5.41, 5.74) is 1.61. The van der Waals surface area contributed by atoms with E-state index in [1.165, 1.54) is 11.4 Å². The fourth-order valence-corrected chi connectivity index (χ4v) is 3.05. The number of hydrogen-bond acceptors (Lipinski definition) is 5. The summed E-state index contributed by atoms with van der Waals surface area (Å²) < 4.78 is 29.7. The van der Waals surface area contributed by atoms with Gasteiger partial charge in [0.05, 0.1) is 17.5 Å². The second kappa shape index (κ2) is 11.5. The van der Waals surface area contributed by atoms with Crippen LogP contribution in [-0.4, -0.2) is 51.0 Å². The van der Waals surface area contributed by atoms with Crippen LogP contribution in [0, 0.1) is 0 Å². The van der Waals surface area contributed by atoms with Crippen molar-refractivity contribution in [3.05, 3.63) is 59.7 Å². The number of nitrogens with one attached hydrogen (secondary N) is 2. The maximum Gasteiger partial charge on any atom is 0.262 e. The number of carbonyl (C=O) groups is 2. The Kier molecular flexibility index (Phi) is 9.02. The van der Waals surface area contributed by atoms with Gasteiger partial charge in [-0.3, -0.25) is 9.59 Å². The maximum atomic E-state index is 12.3. The summed E-state index contributed by atoms with van der Waals surface area (Å²) in [4.78, 5) is 24.6. The van der Waals surface area contributed by atoms with Crippen LogP contribution in [0.25, 0.3) is 0 Å². The largest absolute Gasteiger partial charge is 0.484 e. The minimum Gasteiger partial charge on any atom is -0.484 e. The van der Waals surface area contributed by atoms with Gasteiger partial charge in [-0.2, -0.15) is 0 Å². The van der Waals surface area contributed by atoms with E-state index in [1.54, 1.807) is 48.5 Å². The van der Waals surface area contributed by atoms with Gasteiger partial charge in [0.1, 0.15) is 5.75 Å². The molecule has 0 saturated carbocycles. The average molecular weight is 448 g/mol. The third-order valence-corrected chi connectivity index (χ3v) is 5.79. The number of rotatable bonds is 11. The van der Waals surface area contributed by atoms with E-state index in [-0.39, 0.29) is 19.1 Å². The van der Waals surface area contributed by atoms with Crippen LogP contribution in [0.3, 0.4) is 0 Å². The van der Waals surface area contributed by atoms with Crippen LogP contribution >= 0.6 is 0 Å². The van der Waals surface area contributed by atoms with Gasteiger partial charge in [-0.1, -0.05) is 37.6 Å². The number of amides is 2. The summed E-state index contributed by atoms with van der Waals surface area (Å²) in [5, 5.41) is 5.54. The number of anilines is 1. The molecule has 0 atom stereocenters. The highest BCUT2D eigenvalue weighted by molar-refractivity contribution is 7.88. The van der Waals surface area contributed by atoms with Crippen LogP contribution < -0.4 is 15.4 Å². The minimum absolute atomic E-state index is 0.228. The van der Waals surface area contributed by atoms with E-state index >= 15 is 0 Å². The van der Waals surface area contributed by atoms with E-state index in [0.717, 1.165) is 24.7 Å². The van der Waals surface area contributed by atoms with Crippen molar-refractivity contribution in [1.82, 2.24) is 9.62 Å². The molecule has 2 rings (SSSR count). The van der Waals surface area contributed by atoms with Crippen molar-refractivity contribution in [1.29, 1.82) is 0 Å². The molecule has 2 aromatic carbocycles. The molecule has 2 N–H and O–H groups in total. The Morgan fingerprint density at radius 2 is 1.74 bits per heavy atom. The van der Waals surface area contributed by atoms with Gasteiger partial charge >= 0.3 is 0 Å². The first-order valence-electron chi connectivity index (χ1n) is 10.0. The van der Waals surface area contributed by atoms with Crippen LogP contribution in [0.2, 0.25) is 0 Å². The van der Waals surface area contributed by atoms with E-state index in [9.17, 15) is 18.0 Å². The Morgan fingerprint density at radius 3 is 2.39 bits per heavy atom. The SMILES string of the molecule is CCCCNC(=O)c1ccccc1NC(=O)COc1ccc(CN(C)S(C)(=O)=O)cc1. The van der Waals surface area contributed by atoms with Gasteiger partial charge < -0.3 is 15.4 Å². The normalized spacial score (nSPS) is 11.2. The van der Waals surface area contributed by atoms with Gasteiger partial charge in [-0.05, 0) is 36.2 Å². The third kappa shape index (κ3) is 8.03. The van der Waals surface area contributed by atoms with Gasteiger partial charge in [0, 0.05) is 20.1 Å². The van der Waals surface area contributed by atoms with Crippen molar-refractivity contribution in [3.8, 4) is 5.75 Å². The second-order valence-corrected chi connectivity index (χ2v) is 9.24. The van der Waals surface area contributed by atoms with Crippen LogP contribution in [0.4, 0.5) is 5.69 Å². The minimum atomic E-state index is -3.26. The maximum absolute atomic E-state index is 12.3.